The number of halogens is 1. The number of rotatable bonds is 10. The summed E-state index contributed by atoms with van der Waals surface area (Å²) in [5.74, 6) is 2.49. The number of nitrogens with one attached hydrogen (secondary N) is 2. The predicted molar refractivity (Wildman–Crippen MR) is 119 cm³/mol. The van der Waals surface area contributed by atoms with Crippen molar-refractivity contribution in [1.82, 2.24) is 10.6 Å². The Morgan fingerprint density at radius 3 is 2.59 bits per heavy atom. The van der Waals surface area contributed by atoms with E-state index in [4.69, 9.17) is 9.15 Å². The molecule has 0 spiro atoms. The van der Waals surface area contributed by atoms with Crippen molar-refractivity contribution in [1.29, 1.82) is 0 Å². The zero-order chi connectivity index (χ0) is 18.6. The Bertz CT molecular complexity index is 641. The summed E-state index contributed by atoms with van der Waals surface area (Å²) in [5, 5.41) is 16.0. The largest absolute Gasteiger partial charge is 0.497 e. The summed E-state index contributed by atoms with van der Waals surface area (Å²) in [7, 11) is 1.67. The molecular formula is C20H30IN3O3. The number of nitrogens with zero attached hydrogens (tertiary/aromatic N) is 1. The molecule has 0 unspecified atom stereocenters. The second-order valence-corrected chi connectivity index (χ2v) is 6.02. The van der Waals surface area contributed by atoms with E-state index in [1.165, 1.54) is 5.56 Å². The highest BCUT2D eigenvalue weighted by atomic mass is 127. The maximum Gasteiger partial charge on any atom is 0.191 e. The van der Waals surface area contributed by atoms with Crippen LogP contribution in [-0.4, -0.2) is 43.9 Å². The van der Waals surface area contributed by atoms with Gasteiger partial charge in [0, 0.05) is 19.5 Å². The molecule has 0 saturated heterocycles. The lowest BCUT2D eigenvalue weighted by Gasteiger charge is -2.18. The normalized spacial score (nSPS) is 12.2. The molecule has 150 valence electrons. The van der Waals surface area contributed by atoms with Crippen LogP contribution in [0.2, 0.25) is 0 Å². The Kier molecular flexibility index (Phi) is 11.6. The van der Waals surface area contributed by atoms with Gasteiger partial charge in [0.25, 0.3) is 0 Å². The molecule has 27 heavy (non-hydrogen) atoms. The van der Waals surface area contributed by atoms with Crippen LogP contribution in [0.25, 0.3) is 0 Å². The SMILES string of the molecule is CC[C@H](CO)NC(=NCCc1ccco1)NCCc1ccc(OC)cc1.I. The zero-order valence-corrected chi connectivity index (χ0v) is 18.3. The average molecular weight is 487 g/mol. The van der Waals surface area contributed by atoms with Gasteiger partial charge in [0.1, 0.15) is 11.5 Å². The van der Waals surface area contributed by atoms with Crippen LogP contribution in [0.15, 0.2) is 52.1 Å². The maximum absolute atomic E-state index is 9.43. The number of hydrogen-bond acceptors (Lipinski definition) is 4. The molecular weight excluding hydrogens is 457 g/mol. The van der Waals surface area contributed by atoms with Crippen molar-refractivity contribution >= 4 is 29.9 Å². The number of aliphatic hydroxyl groups is 1. The number of methoxy groups -OCH3 is 1. The first-order valence-corrected chi connectivity index (χ1v) is 9.06. The fourth-order valence-corrected chi connectivity index (χ4v) is 2.47. The highest BCUT2D eigenvalue weighted by Gasteiger charge is 2.07. The highest BCUT2D eigenvalue weighted by Crippen LogP contribution is 2.11. The van der Waals surface area contributed by atoms with Gasteiger partial charge >= 0.3 is 0 Å². The fraction of sp³-hybridized carbons (Fsp3) is 0.450. The molecule has 0 radical (unpaired) electrons. The lowest BCUT2D eigenvalue weighted by molar-refractivity contribution is 0.251. The Balaban J connectivity index is 0.00000364. The molecule has 0 saturated carbocycles. The van der Waals surface area contributed by atoms with E-state index in [0.717, 1.165) is 37.3 Å². The van der Waals surface area contributed by atoms with Gasteiger partial charge in [-0.25, -0.2) is 0 Å². The van der Waals surface area contributed by atoms with Crippen molar-refractivity contribution in [2.24, 2.45) is 4.99 Å². The van der Waals surface area contributed by atoms with Crippen molar-refractivity contribution in [3.63, 3.8) is 0 Å². The number of hydrogen-bond donors (Lipinski definition) is 3. The van der Waals surface area contributed by atoms with E-state index < -0.39 is 0 Å². The number of ether oxygens (including phenoxy) is 1. The summed E-state index contributed by atoms with van der Waals surface area (Å²) in [6, 6.07) is 11.9. The molecule has 0 aliphatic rings. The Hall–Kier alpha value is -1.74. The topological polar surface area (TPSA) is 79.0 Å². The second kappa shape index (κ2) is 13.4. The van der Waals surface area contributed by atoms with E-state index in [-0.39, 0.29) is 36.6 Å². The van der Waals surface area contributed by atoms with Crippen LogP contribution in [0.4, 0.5) is 0 Å². The van der Waals surface area contributed by atoms with E-state index in [2.05, 4.69) is 27.8 Å². The van der Waals surface area contributed by atoms with Crippen molar-refractivity contribution in [3.05, 3.63) is 54.0 Å². The number of benzene rings is 1. The van der Waals surface area contributed by atoms with Crippen molar-refractivity contribution < 1.29 is 14.3 Å². The lowest BCUT2D eigenvalue weighted by atomic mass is 10.1. The van der Waals surface area contributed by atoms with Gasteiger partial charge in [0.2, 0.25) is 0 Å². The number of aliphatic imine (C=N–C) groups is 1. The van der Waals surface area contributed by atoms with Crippen LogP contribution in [-0.2, 0) is 12.8 Å². The number of guanidine groups is 1. The third-order valence-corrected chi connectivity index (χ3v) is 4.13. The average Bonchev–Trinajstić information content (AvgIpc) is 3.19. The van der Waals surface area contributed by atoms with Gasteiger partial charge < -0.3 is 24.9 Å². The van der Waals surface area contributed by atoms with Crippen LogP contribution in [0.5, 0.6) is 5.75 Å². The van der Waals surface area contributed by atoms with E-state index in [9.17, 15) is 5.11 Å². The Morgan fingerprint density at radius 1 is 1.22 bits per heavy atom. The molecule has 0 amide bonds. The van der Waals surface area contributed by atoms with Gasteiger partial charge in [-0.3, -0.25) is 4.99 Å². The van der Waals surface area contributed by atoms with Crippen LogP contribution >= 0.6 is 24.0 Å². The standard InChI is InChI=1S/C20H29N3O3.HI/c1-3-17(15-24)23-20(22-13-11-19-5-4-14-26-19)21-12-10-16-6-8-18(25-2)9-7-16;/h4-9,14,17,24H,3,10-13,15H2,1-2H3,(H2,21,22,23);1H/t17-;/m1./s1. The maximum atomic E-state index is 9.43. The highest BCUT2D eigenvalue weighted by molar-refractivity contribution is 14.0. The molecule has 0 bridgehead atoms. The van der Waals surface area contributed by atoms with E-state index in [1.54, 1.807) is 13.4 Å². The van der Waals surface area contributed by atoms with Gasteiger partial charge in [0.05, 0.1) is 26.0 Å². The molecule has 1 heterocycles. The fourth-order valence-electron chi connectivity index (χ4n) is 2.47. The summed E-state index contributed by atoms with van der Waals surface area (Å²) in [6.45, 7) is 3.48. The summed E-state index contributed by atoms with van der Waals surface area (Å²) in [6.07, 6.45) is 4.12. The minimum Gasteiger partial charge on any atom is -0.497 e. The van der Waals surface area contributed by atoms with Crippen LogP contribution in [0.1, 0.15) is 24.7 Å². The first kappa shape index (κ1) is 23.3. The van der Waals surface area contributed by atoms with Gasteiger partial charge in [-0.05, 0) is 42.7 Å². The quantitative estimate of drug-likeness (QED) is 0.273. The molecule has 6 nitrogen and oxygen atoms in total. The summed E-state index contributed by atoms with van der Waals surface area (Å²) >= 11 is 0. The molecule has 2 aromatic rings. The van der Waals surface area contributed by atoms with Crippen molar-refractivity contribution in [2.75, 3.05) is 26.8 Å². The first-order valence-electron chi connectivity index (χ1n) is 9.06. The molecule has 7 heteroatoms. The van der Waals surface area contributed by atoms with Gasteiger partial charge in [0.15, 0.2) is 5.96 Å². The van der Waals surface area contributed by atoms with Crippen LogP contribution in [0, 0.1) is 0 Å². The third-order valence-electron chi connectivity index (χ3n) is 4.13. The molecule has 0 fully saturated rings. The second-order valence-electron chi connectivity index (χ2n) is 6.02. The van der Waals surface area contributed by atoms with Gasteiger partial charge in [-0.2, -0.15) is 0 Å². The molecule has 0 aliphatic heterocycles. The monoisotopic (exact) mass is 487 g/mol. The Labute approximate surface area is 178 Å². The van der Waals surface area contributed by atoms with E-state index >= 15 is 0 Å². The molecule has 2 rings (SSSR count). The van der Waals surface area contributed by atoms with Crippen LogP contribution < -0.4 is 15.4 Å². The van der Waals surface area contributed by atoms with Crippen molar-refractivity contribution in [2.45, 2.75) is 32.2 Å². The summed E-state index contributed by atoms with van der Waals surface area (Å²) in [5.41, 5.74) is 1.22. The summed E-state index contributed by atoms with van der Waals surface area (Å²) in [4.78, 5) is 4.60. The molecule has 1 atom stereocenters. The zero-order valence-electron chi connectivity index (χ0n) is 16.0. The third kappa shape index (κ3) is 8.66. The van der Waals surface area contributed by atoms with E-state index in [1.807, 2.05) is 31.2 Å². The number of furan rings is 1. The molecule has 1 aromatic carbocycles. The molecule has 0 aliphatic carbocycles. The smallest absolute Gasteiger partial charge is 0.191 e. The van der Waals surface area contributed by atoms with Gasteiger partial charge in [-0.1, -0.05) is 19.1 Å². The van der Waals surface area contributed by atoms with Crippen LogP contribution in [0.3, 0.4) is 0 Å². The minimum atomic E-state index is -0.00847. The van der Waals surface area contributed by atoms with Crippen molar-refractivity contribution in [3.8, 4) is 5.75 Å². The van der Waals surface area contributed by atoms with E-state index in [0.29, 0.717) is 12.5 Å². The Morgan fingerprint density at radius 2 is 2.00 bits per heavy atom. The predicted octanol–water partition coefficient (Wildman–Crippen LogP) is 3.00. The van der Waals surface area contributed by atoms with Gasteiger partial charge in [-0.15, -0.1) is 24.0 Å². The number of aliphatic hydroxyl groups excluding tert-OH is 1. The molecule has 3 N–H and O–H groups in total. The minimum absolute atomic E-state index is 0. The summed E-state index contributed by atoms with van der Waals surface area (Å²) < 4.78 is 10.5. The molecule has 1 aromatic heterocycles. The lowest BCUT2D eigenvalue weighted by Crippen LogP contribution is -2.45. The first-order chi connectivity index (χ1) is 12.7.